The van der Waals surface area contributed by atoms with Crippen LogP contribution in [0.15, 0.2) is 12.2 Å². The molecule has 8 heteroatoms. The van der Waals surface area contributed by atoms with Gasteiger partial charge in [-0.2, -0.15) is 0 Å². The van der Waals surface area contributed by atoms with Crippen LogP contribution in [-0.4, -0.2) is 50.9 Å². The molecule has 2 saturated heterocycles. The lowest BCUT2D eigenvalue weighted by Gasteiger charge is -2.51. The van der Waals surface area contributed by atoms with Gasteiger partial charge in [0.15, 0.2) is 6.04 Å². The number of rotatable bonds is 3. The first-order valence-electron chi connectivity index (χ1n) is 4.63. The van der Waals surface area contributed by atoms with Crippen LogP contribution >= 0.6 is 11.8 Å². The molecule has 2 aliphatic rings. The van der Waals surface area contributed by atoms with E-state index >= 15 is 0 Å². The number of nitrogens with one attached hydrogen (secondary N) is 1. The molecular formula is C9H8N2O5S. The molecule has 0 aliphatic carbocycles. The zero-order chi connectivity index (χ0) is 12.7. The van der Waals surface area contributed by atoms with E-state index < -0.39 is 34.4 Å². The van der Waals surface area contributed by atoms with Crippen molar-refractivity contribution >= 4 is 35.2 Å². The zero-order valence-corrected chi connectivity index (χ0v) is 9.27. The summed E-state index contributed by atoms with van der Waals surface area (Å²) in [5.74, 6) is -1.82. The van der Waals surface area contributed by atoms with Crippen LogP contribution in [0.2, 0.25) is 0 Å². The Morgan fingerprint density at radius 1 is 1.53 bits per heavy atom. The highest BCUT2D eigenvalue weighted by molar-refractivity contribution is 8.14. The Labute approximate surface area is 99.8 Å². The van der Waals surface area contributed by atoms with Crippen LogP contribution in [0.25, 0.3) is 0 Å². The van der Waals surface area contributed by atoms with Crippen LogP contribution in [-0.2, 0) is 19.2 Å². The average molecular weight is 256 g/mol. The highest BCUT2D eigenvalue weighted by atomic mass is 32.2. The minimum absolute atomic E-state index is 0.128. The number of β-lactam (4-membered cyclic amide) rings is 1. The third-order valence-electron chi connectivity index (χ3n) is 2.66. The molecule has 17 heavy (non-hydrogen) atoms. The summed E-state index contributed by atoms with van der Waals surface area (Å²) in [6.45, 7) is 3.39. The van der Waals surface area contributed by atoms with Crippen molar-refractivity contribution in [2.24, 2.45) is 0 Å². The van der Waals surface area contributed by atoms with E-state index in [1.165, 1.54) is 0 Å². The molecule has 0 aromatic rings. The van der Waals surface area contributed by atoms with Crippen LogP contribution in [0, 0.1) is 0 Å². The van der Waals surface area contributed by atoms with Crippen molar-refractivity contribution in [3.63, 3.8) is 0 Å². The van der Waals surface area contributed by atoms with Gasteiger partial charge in [0.1, 0.15) is 11.4 Å². The number of fused-ring (bicyclic) bond motifs is 1. The maximum Gasteiger partial charge on any atom is 0.331 e. The number of carbonyl (C=O) groups excluding carboxylic acids is 3. The van der Waals surface area contributed by atoms with Crippen LogP contribution in [0.1, 0.15) is 0 Å². The van der Waals surface area contributed by atoms with Gasteiger partial charge in [-0.3, -0.25) is 14.4 Å². The Bertz CT molecular complexity index is 449. The molecule has 0 spiro atoms. The molecule has 2 amide bonds. The second kappa shape index (κ2) is 3.88. The van der Waals surface area contributed by atoms with Crippen LogP contribution in [0.4, 0.5) is 0 Å². The first kappa shape index (κ1) is 11.6. The van der Waals surface area contributed by atoms with Gasteiger partial charge in [0.05, 0.1) is 0 Å². The number of nitrogens with zero attached hydrogens (tertiary/aromatic N) is 1. The minimum atomic E-state index is -1.33. The molecular weight excluding hydrogens is 248 g/mol. The molecule has 0 aromatic carbocycles. The highest BCUT2D eigenvalue weighted by Crippen LogP contribution is 2.40. The van der Waals surface area contributed by atoms with Crippen molar-refractivity contribution in [3.8, 4) is 0 Å². The van der Waals surface area contributed by atoms with Crippen LogP contribution in [0.3, 0.4) is 0 Å². The van der Waals surface area contributed by atoms with Gasteiger partial charge in [-0.1, -0.05) is 18.3 Å². The van der Waals surface area contributed by atoms with Crippen molar-refractivity contribution in [1.82, 2.24) is 10.2 Å². The van der Waals surface area contributed by atoms with E-state index in [2.05, 4.69) is 11.9 Å². The van der Waals surface area contributed by atoms with E-state index in [0.717, 1.165) is 16.7 Å². The zero-order valence-electron chi connectivity index (χ0n) is 8.45. The number of amides is 2. The summed E-state index contributed by atoms with van der Waals surface area (Å²) in [6.07, 6.45) is 0.351. The lowest BCUT2D eigenvalue weighted by Crippen LogP contribution is -2.74. The monoisotopic (exact) mass is 256 g/mol. The molecule has 0 bridgehead atoms. The summed E-state index contributed by atoms with van der Waals surface area (Å²) in [4.78, 5) is 45.5. The van der Waals surface area contributed by atoms with Crippen molar-refractivity contribution < 1.29 is 24.3 Å². The maximum absolute atomic E-state index is 11.6. The fraction of sp³-hybridized carbons (Fsp3) is 0.333. The lowest BCUT2D eigenvalue weighted by atomic mass is 9.98. The Hall–Kier alpha value is -1.83. The predicted molar refractivity (Wildman–Crippen MR) is 56.8 cm³/mol. The highest BCUT2D eigenvalue weighted by Gasteiger charge is 2.58. The van der Waals surface area contributed by atoms with Gasteiger partial charge >= 0.3 is 5.97 Å². The van der Waals surface area contributed by atoms with Crippen molar-refractivity contribution in [2.45, 2.75) is 17.5 Å². The number of aliphatic carboxylic acids is 1. The molecule has 0 radical (unpaired) electrons. The molecule has 0 saturated carbocycles. The first-order valence-corrected chi connectivity index (χ1v) is 5.51. The number of carboxylic acid groups (broad SMARTS) is 1. The Morgan fingerprint density at radius 2 is 2.18 bits per heavy atom. The van der Waals surface area contributed by atoms with Crippen LogP contribution < -0.4 is 5.32 Å². The average Bonchev–Trinajstić information content (AvgIpc) is 2.28. The molecule has 2 rings (SSSR count). The van der Waals surface area contributed by atoms with Gasteiger partial charge in [0.2, 0.25) is 17.4 Å². The van der Waals surface area contributed by atoms with Gasteiger partial charge < -0.3 is 15.3 Å². The smallest absolute Gasteiger partial charge is 0.331 e. The number of thioether (sulfide) groups is 1. The summed E-state index contributed by atoms with van der Waals surface area (Å²) in [6, 6.07) is -2.16. The number of carboxylic acids is 1. The van der Waals surface area contributed by atoms with Gasteiger partial charge in [-0.15, -0.1) is 0 Å². The third kappa shape index (κ3) is 1.52. The summed E-state index contributed by atoms with van der Waals surface area (Å²) in [5, 5.41) is 10.1. The fourth-order valence-corrected chi connectivity index (χ4v) is 3.00. The van der Waals surface area contributed by atoms with Gasteiger partial charge in [0, 0.05) is 5.57 Å². The predicted octanol–water partition coefficient (Wildman–Crippen LogP) is -1.45. The van der Waals surface area contributed by atoms with Crippen molar-refractivity contribution in [2.75, 3.05) is 0 Å². The van der Waals surface area contributed by atoms with Gasteiger partial charge in [-0.25, -0.2) is 4.79 Å². The third-order valence-corrected chi connectivity index (χ3v) is 3.88. The largest absolute Gasteiger partial charge is 0.479 e. The van der Waals surface area contributed by atoms with Crippen molar-refractivity contribution in [1.29, 1.82) is 0 Å². The van der Waals surface area contributed by atoms with Crippen molar-refractivity contribution in [3.05, 3.63) is 12.2 Å². The minimum Gasteiger partial charge on any atom is -0.479 e. The van der Waals surface area contributed by atoms with E-state index in [0.29, 0.717) is 6.41 Å². The summed E-state index contributed by atoms with van der Waals surface area (Å²) in [5.41, 5.74) is -0.128. The Balaban J connectivity index is 2.28. The second-order valence-electron chi connectivity index (χ2n) is 3.57. The lowest BCUT2D eigenvalue weighted by molar-refractivity contribution is -0.160. The molecule has 2 heterocycles. The summed E-state index contributed by atoms with van der Waals surface area (Å²) in [7, 11) is 0. The molecule has 2 N–H and O–H groups in total. The molecule has 3 atom stereocenters. The molecule has 7 nitrogen and oxygen atoms in total. The number of carbonyl (C=O) groups is 4. The SMILES string of the molecule is C=C1C(=O)S[C@@H]2[C@H](NC=O)C(=O)N2[C@H]1C(=O)O. The molecule has 2 aliphatic heterocycles. The van der Waals surface area contributed by atoms with Crippen LogP contribution in [0.5, 0.6) is 0 Å². The quantitative estimate of drug-likeness (QED) is 0.364. The molecule has 0 aromatic heterocycles. The van der Waals surface area contributed by atoms with Gasteiger partial charge in [0.25, 0.3) is 0 Å². The van der Waals surface area contributed by atoms with E-state index in [-0.39, 0.29) is 5.57 Å². The Kier molecular flexibility index (Phi) is 2.66. The summed E-state index contributed by atoms with van der Waals surface area (Å²) < 4.78 is 0. The number of hydrogen-bond donors (Lipinski definition) is 2. The maximum atomic E-state index is 11.6. The molecule has 0 unspecified atom stereocenters. The fourth-order valence-electron chi connectivity index (χ4n) is 1.85. The number of hydrogen-bond acceptors (Lipinski definition) is 5. The van der Waals surface area contributed by atoms with E-state index in [4.69, 9.17) is 5.11 Å². The molecule has 2 fully saturated rings. The van der Waals surface area contributed by atoms with Gasteiger partial charge in [-0.05, 0) is 0 Å². The Morgan fingerprint density at radius 3 is 2.71 bits per heavy atom. The second-order valence-corrected chi connectivity index (χ2v) is 4.66. The summed E-state index contributed by atoms with van der Waals surface area (Å²) >= 11 is 0.799. The standard InChI is InChI=1S/C9H8N2O5S/c1-3-5(8(14)15)11-6(13)4(10-2-12)7(11)17-9(3)16/h2,4-5,7H,1H2,(H,10,12)(H,14,15)/t4-,5-,7-/m1/s1. The van der Waals surface area contributed by atoms with E-state index in [9.17, 15) is 19.2 Å². The van der Waals surface area contributed by atoms with E-state index in [1.807, 2.05) is 0 Å². The normalized spacial score (nSPS) is 31.6. The molecule has 90 valence electrons. The van der Waals surface area contributed by atoms with E-state index in [1.54, 1.807) is 0 Å². The first-order chi connectivity index (χ1) is 7.99. The topological polar surface area (TPSA) is 104 Å².